The molecule has 0 fully saturated rings. The number of nitrogens with two attached hydrogens (primary N) is 1. The number of fused-ring (bicyclic) bond motifs is 1. The minimum atomic E-state index is -0.113. The number of carbonyl (C=O) groups excluding carboxylic acids is 1. The number of hydrogen-bond donors (Lipinski definition) is 2. The molecule has 1 aliphatic rings. The zero-order valence-electron chi connectivity index (χ0n) is 15.1. The van der Waals surface area contributed by atoms with Gasteiger partial charge in [0, 0.05) is 17.4 Å². The number of thiazole rings is 1. The lowest BCUT2D eigenvalue weighted by atomic mass is 9.91. The number of anilines is 2. The zero-order valence-corrected chi connectivity index (χ0v) is 16.6. The van der Waals surface area contributed by atoms with Crippen molar-refractivity contribution >= 4 is 39.8 Å². The number of nitrogens with one attached hydrogen (secondary N) is 1. The van der Waals surface area contributed by atoms with Gasteiger partial charge in [-0.05, 0) is 35.4 Å². The molecular formula is C20H18ClN3O3S. The van der Waals surface area contributed by atoms with E-state index in [-0.39, 0.29) is 11.8 Å². The summed E-state index contributed by atoms with van der Waals surface area (Å²) in [6, 6.07) is 13.2. The third-order valence-corrected chi connectivity index (χ3v) is 5.78. The third-order valence-electron chi connectivity index (χ3n) is 4.53. The van der Waals surface area contributed by atoms with E-state index in [9.17, 15) is 4.79 Å². The zero-order chi connectivity index (χ0) is 19.7. The highest BCUT2D eigenvalue weighted by atomic mass is 35.5. The van der Waals surface area contributed by atoms with Gasteiger partial charge in [-0.3, -0.25) is 4.79 Å². The minimum absolute atomic E-state index is 0.0789. The van der Waals surface area contributed by atoms with E-state index in [1.54, 1.807) is 7.11 Å². The molecule has 6 nitrogen and oxygen atoms in total. The van der Waals surface area contributed by atoms with Gasteiger partial charge >= 0.3 is 0 Å². The van der Waals surface area contributed by atoms with Crippen LogP contribution in [0.25, 0.3) is 0 Å². The van der Waals surface area contributed by atoms with Crippen molar-refractivity contribution in [2.45, 2.75) is 18.9 Å². The number of methoxy groups -OCH3 is 1. The summed E-state index contributed by atoms with van der Waals surface area (Å²) in [5.74, 6) is 1.59. The number of nitrogen functional groups attached to an aromatic ring is 1. The number of carbonyl (C=O) groups is 1. The normalized spacial score (nSPS) is 15.6. The van der Waals surface area contributed by atoms with Gasteiger partial charge in [-0.1, -0.05) is 41.1 Å². The van der Waals surface area contributed by atoms with Crippen LogP contribution in [0.1, 0.15) is 28.3 Å². The van der Waals surface area contributed by atoms with Gasteiger partial charge in [0.2, 0.25) is 5.91 Å². The number of aromatic nitrogens is 1. The molecule has 0 saturated heterocycles. The Kier molecular flexibility index (Phi) is 5.11. The lowest BCUT2D eigenvalue weighted by Crippen LogP contribution is -2.22. The molecular weight excluding hydrogens is 398 g/mol. The first kappa shape index (κ1) is 18.6. The fourth-order valence-corrected chi connectivity index (χ4v) is 4.21. The Labute approximate surface area is 171 Å². The highest BCUT2D eigenvalue weighted by Gasteiger charge is 2.30. The molecule has 28 heavy (non-hydrogen) atoms. The highest BCUT2D eigenvalue weighted by molar-refractivity contribution is 7.16. The van der Waals surface area contributed by atoms with Gasteiger partial charge in [0.25, 0.3) is 0 Å². The van der Waals surface area contributed by atoms with E-state index in [0.29, 0.717) is 40.5 Å². The minimum Gasteiger partial charge on any atom is -0.493 e. The second-order valence-electron chi connectivity index (χ2n) is 6.40. The molecule has 3 N–H and O–H groups in total. The van der Waals surface area contributed by atoms with Crippen LogP contribution in [0, 0.1) is 0 Å². The molecule has 0 aliphatic carbocycles. The third kappa shape index (κ3) is 3.76. The molecule has 0 radical (unpaired) electrons. The monoisotopic (exact) mass is 415 g/mol. The molecule has 2 aromatic carbocycles. The van der Waals surface area contributed by atoms with E-state index in [1.165, 1.54) is 11.3 Å². The number of nitrogens with zero attached hydrogens (tertiary/aromatic N) is 1. The van der Waals surface area contributed by atoms with Crippen LogP contribution in [-0.2, 0) is 11.4 Å². The molecule has 0 spiro atoms. The van der Waals surface area contributed by atoms with Crippen LogP contribution in [0.5, 0.6) is 11.5 Å². The molecule has 1 aliphatic heterocycles. The van der Waals surface area contributed by atoms with E-state index in [0.717, 1.165) is 16.0 Å². The number of rotatable bonds is 5. The van der Waals surface area contributed by atoms with E-state index in [1.807, 2.05) is 42.5 Å². The highest BCUT2D eigenvalue weighted by Crippen LogP contribution is 2.43. The molecule has 4 rings (SSSR count). The lowest BCUT2D eigenvalue weighted by molar-refractivity contribution is -0.116. The Balaban J connectivity index is 1.58. The molecule has 0 bridgehead atoms. The number of halogens is 1. The van der Waals surface area contributed by atoms with E-state index in [4.69, 9.17) is 26.8 Å². The molecule has 144 valence electrons. The van der Waals surface area contributed by atoms with Gasteiger partial charge in [-0.15, -0.1) is 0 Å². The Morgan fingerprint density at radius 1 is 1.25 bits per heavy atom. The first-order valence-electron chi connectivity index (χ1n) is 8.64. The van der Waals surface area contributed by atoms with Gasteiger partial charge in [0.1, 0.15) is 12.4 Å². The fraction of sp³-hybridized carbons (Fsp3) is 0.200. The smallest absolute Gasteiger partial charge is 0.226 e. The van der Waals surface area contributed by atoms with Crippen molar-refractivity contribution in [1.29, 1.82) is 0 Å². The number of amides is 1. The standard InChI is InChI=1S/C20H18ClN3O3S/c1-26-16-8-12(14-9-17(25)23-19-18(14)28-20(22)24-19)4-7-15(16)27-10-11-2-5-13(21)6-3-11/h2-8,14H,9-10H2,1H3,(H2,22,24)(H,23,25)/t14-/m0/s1. The maximum Gasteiger partial charge on any atom is 0.226 e. The molecule has 1 aromatic heterocycles. The van der Waals surface area contributed by atoms with E-state index >= 15 is 0 Å². The van der Waals surface area contributed by atoms with Gasteiger partial charge in [-0.25, -0.2) is 4.98 Å². The molecule has 1 atom stereocenters. The van der Waals surface area contributed by atoms with Crippen LogP contribution in [0.4, 0.5) is 10.9 Å². The average Bonchev–Trinajstić information content (AvgIpc) is 3.06. The van der Waals surface area contributed by atoms with Gasteiger partial charge in [-0.2, -0.15) is 0 Å². The largest absolute Gasteiger partial charge is 0.493 e. The SMILES string of the molecule is COc1cc([C@@H]2CC(=O)Nc3nc(N)sc32)ccc1OCc1ccc(Cl)cc1. The topological polar surface area (TPSA) is 86.5 Å². The van der Waals surface area contributed by atoms with Gasteiger partial charge in [0.05, 0.1) is 12.0 Å². The second-order valence-corrected chi connectivity index (χ2v) is 7.89. The maximum absolute atomic E-state index is 12.1. The van der Waals surface area contributed by atoms with Crippen molar-refractivity contribution in [2.24, 2.45) is 0 Å². The van der Waals surface area contributed by atoms with Crippen molar-refractivity contribution in [3.05, 3.63) is 63.5 Å². The number of hydrogen-bond acceptors (Lipinski definition) is 6. The molecule has 0 unspecified atom stereocenters. The first-order chi connectivity index (χ1) is 13.5. The van der Waals surface area contributed by atoms with Crippen molar-refractivity contribution < 1.29 is 14.3 Å². The van der Waals surface area contributed by atoms with Crippen LogP contribution in [0.2, 0.25) is 5.02 Å². The molecule has 0 saturated carbocycles. The summed E-state index contributed by atoms with van der Waals surface area (Å²) in [4.78, 5) is 17.2. The van der Waals surface area contributed by atoms with Crippen molar-refractivity contribution in [3.8, 4) is 11.5 Å². The van der Waals surface area contributed by atoms with Crippen LogP contribution in [0.3, 0.4) is 0 Å². The molecule has 1 amide bonds. The summed E-state index contributed by atoms with van der Waals surface area (Å²) in [5.41, 5.74) is 7.79. The number of ether oxygens (including phenoxy) is 2. The van der Waals surface area contributed by atoms with Gasteiger partial charge < -0.3 is 20.5 Å². The predicted octanol–water partition coefficient (Wildman–Crippen LogP) is 4.44. The van der Waals surface area contributed by atoms with Crippen LogP contribution >= 0.6 is 22.9 Å². The van der Waals surface area contributed by atoms with Crippen molar-refractivity contribution in [3.63, 3.8) is 0 Å². The summed E-state index contributed by atoms with van der Waals surface area (Å²) in [6.45, 7) is 0.397. The summed E-state index contributed by atoms with van der Waals surface area (Å²) >= 11 is 7.31. The Morgan fingerprint density at radius 2 is 2.04 bits per heavy atom. The predicted molar refractivity (Wildman–Crippen MR) is 110 cm³/mol. The Morgan fingerprint density at radius 3 is 2.79 bits per heavy atom. The summed E-state index contributed by atoms with van der Waals surface area (Å²) in [5, 5.41) is 3.90. The van der Waals surface area contributed by atoms with E-state index < -0.39 is 0 Å². The maximum atomic E-state index is 12.1. The quantitative estimate of drug-likeness (QED) is 0.643. The van der Waals surface area contributed by atoms with Crippen LogP contribution in [0.15, 0.2) is 42.5 Å². The van der Waals surface area contributed by atoms with E-state index in [2.05, 4.69) is 10.3 Å². The number of benzene rings is 2. The Hall–Kier alpha value is -2.77. The van der Waals surface area contributed by atoms with Crippen LogP contribution < -0.4 is 20.5 Å². The second kappa shape index (κ2) is 7.69. The summed E-state index contributed by atoms with van der Waals surface area (Å²) < 4.78 is 11.4. The first-order valence-corrected chi connectivity index (χ1v) is 9.84. The molecule has 8 heteroatoms. The fourth-order valence-electron chi connectivity index (χ4n) is 3.17. The summed E-state index contributed by atoms with van der Waals surface area (Å²) in [7, 11) is 1.60. The van der Waals surface area contributed by atoms with Crippen molar-refractivity contribution in [1.82, 2.24) is 4.98 Å². The molecule has 2 heterocycles. The Bertz CT molecular complexity index is 1020. The van der Waals surface area contributed by atoms with Crippen molar-refractivity contribution in [2.75, 3.05) is 18.2 Å². The van der Waals surface area contributed by atoms with Gasteiger partial charge in [0.15, 0.2) is 16.6 Å². The molecule has 3 aromatic rings. The van der Waals surface area contributed by atoms with Crippen LogP contribution in [-0.4, -0.2) is 18.0 Å². The summed E-state index contributed by atoms with van der Waals surface area (Å²) in [6.07, 6.45) is 0.336. The average molecular weight is 416 g/mol. The lowest BCUT2D eigenvalue weighted by Gasteiger charge is -2.22.